The van der Waals surface area contributed by atoms with E-state index in [0.717, 1.165) is 12.2 Å². The first-order valence-corrected chi connectivity index (χ1v) is 8.11. The molecule has 0 aliphatic rings. The van der Waals surface area contributed by atoms with Crippen LogP contribution in [0.3, 0.4) is 0 Å². The Bertz CT molecular complexity index is 298. The number of allylic oxidation sites excluding steroid dienone is 2. The molecule has 1 aromatic rings. The fourth-order valence-corrected chi connectivity index (χ4v) is 2.29. The van der Waals surface area contributed by atoms with Gasteiger partial charge in [-0.25, -0.2) is 0 Å². The molecule has 0 aliphatic heterocycles. The maximum atomic E-state index is 5.32. The lowest BCUT2D eigenvalue weighted by molar-refractivity contribution is 0.498. The molecule has 0 saturated heterocycles. The summed E-state index contributed by atoms with van der Waals surface area (Å²) >= 11 is 0. The molecule has 1 rings (SSSR count). The SMILES string of the molecule is CCCCCCCC/C=C\CCCCc1ccco1. The zero-order valence-corrected chi connectivity index (χ0v) is 12.6. The van der Waals surface area contributed by atoms with Gasteiger partial charge in [-0.2, -0.15) is 0 Å². The molecule has 0 aromatic carbocycles. The third-order valence-corrected chi connectivity index (χ3v) is 3.52. The summed E-state index contributed by atoms with van der Waals surface area (Å²) in [5.41, 5.74) is 0. The number of hydrogen-bond acceptors (Lipinski definition) is 1. The Hall–Kier alpha value is -0.980. The van der Waals surface area contributed by atoms with Crippen molar-refractivity contribution in [3.05, 3.63) is 36.3 Å². The van der Waals surface area contributed by atoms with Crippen LogP contribution in [-0.2, 0) is 6.42 Å². The topological polar surface area (TPSA) is 13.1 Å². The average molecular weight is 262 g/mol. The number of hydrogen-bond donors (Lipinski definition) is 0. The Morgan fingerprint density at radius 3 is 2.26 bits per heavy atom. The van der Waals surface area contributed by atoms with Crippen molar-refractivity contribution in [3.8, 4) is 0 Å². The highest BCUT2D eigenvalue weighted by Gasteiger charge is 1.94. The first-order valence-electron chi connectivity index (χ1n) is 8.11. The van der Waals surface area contributed by atoms with E-state index in [1.165, 1.54) is 64.2 Å². The minimum atomic E-state index is 1.08. The van der Waals surface area contributed by atoms with Crippen LogP contribution in [0.1, 0.15) is 76.9 Å². The standard InChI is InChI=1S/C18H30O/c1-2-3-4-5-6-7-8-9-10-11-12-13-15-18-16-14-17-19-18/h9-10,14,16-17H,2-8,11-13,15H2,1H3/b10-9-. The number of unbranched alkanes of at least 4 members (excludes halogenated alkanes) is 8. The highest BCUT2D eigenvalue weighted by molar-refractivity contribution is 4.97. The normalized spacial score (nSPS) is 11.4. The number of aryl methyl sites for hydroxylation is 1. The first-order chi connectivity index (χ1) is 9.43. The van der Waals surface area contributed by atoms with Crippen LogP contribution in [-0.4, -0.2) is 0 Å². The van der Waals surface area contributed by atoms with E-state index in [1.54, 1.807) is 6.26 Å². The van der Waals surface area contributed by atoms with Crippen LogP contribution in [0, 0.1) is 0 Å². The van der Waals surface area contributed by atoms with Crippen molar-refractivity contribution in [2.24, 2.45) is 0 Å². The molecule has 1 aromatic heterocycles. The van der Waals surface area contributed by atoms with Crippen LogP contribution in [0.5, 0.6) is 0 Å². The Morgan fingerprint density at radius 2 is 1.58 bits per heavy atom. The lowest BCUT2D eigenvalue weighted by atomic mass is 10.1. The second-order valence-electron chi connectivity index (χ2n) is 5.35. The van der Waals surface area contributed by atoms with E-state index >= 15 is 0 Å². The summed E-state index contributed by atoms with van der Waals surface area (Å²) in [6, 6.07) is 4.03. The molecule has 0 atom stereocenters. The smallest absolute Gasteiger partial charge is 0.103 e. The molecular weight excluding hydrogens is 232 g/mol. The van der Waals surface area contributed by atoms with Crippen molar-refractivity contribution in [1.29, 1.82) is 0 Å². The van der Waals surface area contributed by atoms with Gasteiger partial charge in [-0.05, 0) is 44.2 Å². The van der Waals surface area contributed by atoms with E-state index in [9.17, 15) is 0 Å². The molecular formula is C18H30O. The molecule has 0 spiro atoms. The second-order valence-corrected chi connectivity index (χ2v) is 5.35. The molecule has 0 aliphatic carbocycles. The van der Waals surface area contributed by atoms with E-state index in [0.29, 0.717) is 0 Å². The molecule has 0 amide bonds. The van der Waals surface area contributed by atoms with Crippen LogP contribution in [0.25, 0.3) is 0 Å². The minimum absolute atomic E-state index is 1.08. The summed E-state index contributed by atoms with van der Waals surface area (Å²) < 4.78 is 5.32. The number of rotatable bonds is 12. The fraction of sp³-hybridized carbons (Fsp3) is 0.667. The second kappa shape index (κ2) is 12.1. The third-order valence-electron chi connectivity index (χ3n) is 3.52. The predicted molar refractivity (Wildman–Crippen MR) is 83.4 cm³/mol. The first kappa shape index (κ1) is 16.1. The van der Waals surface area contributed by atoms with Gasteiger partial charge in [0.05, 0.1) is 6.26 Å². The van der Waals surface area contributed by atoms with E-state index in [-0.39, 0.29) is 0 Å². The Morgan fingerprint density at radius 1 is 0.895 bits per heavy atom. The summed E-state index contributed by atoms with van der Waals surface area (Å²) in [7, 11) is 0. The Balaban J connectivity index is 1.80. The molecule has 1 heteroatoms. The summed E-state index contributed by atoms with van der Waals surface area (Å²) in [6.07, 6.45) is 20.9. The molecule has 0 unspecified atom stereocenters. The van der Waals surface area contributed by atoms with Crippen molar-refractivity contribution in [3.63, 3.8) is 0 Å². The maximum Gasteiger partial charge on any atom is 0.103 e. The van der Waals surface area contributed by atoms with E-state index in [2.05, 4.69) is 25.1 Å². The van der Waals surface area contributed by atoms with Crippen molar-refractivity contribution < 1.29 is 4.42 Å². The lowest BCUT2D eigenvalue weighted by Gasteiger charge is -1.98. The zero-order chi connectivity index (χ0) is 13.6. The summed E-state index contributed by atoms with van der Waals surface area (Å²) in [4.78, 5) is 0. The van der Waals surface area contributed by atoms with Crippen LogP contribution in [0.4, 0.5) is 0 Å². The Labute approximate surface area is 119 Å². The predicted octanol–water partition coefficient (Wildman–Crippen LogP) is 6.30. The minimum Gasteiger partial charge on any atom is -0.469 e. The highest BCUT2D eigenvalue weighted by atomic mass is 16.3. The molecule has 0 radical (unpaired) electrons. The largest absolute Gasteiger partial charge is 0.469 e. The fourth-order valence-electron chi connectivity index (χ4n) is 2.29. The zero-order valence-electron chi connectivity index (χ0n) is 12.6. The van der Waals surface area contributed by atoms with Gasteiger partial charge in [0.1, 0.15) is 5.76 Å². The van der Waals surface area contributed by atoms with E-state index < -0.39 is 0 Å². The van der Waals surface area contributed by atoms with Crippen molar-refractivity contribution in [2.45, 2.75) is 77.6 Å². The maximum absolute atomic E-state index is 5.32. The van der Waals surface area contributed by atoms with Crippen molar-refractivity contribution >= 4 is 0 Å². The van der Waals surface area contributed by atoms with E-state index in [1.807, 2.05) is 6.07 Å². The van der Waals surface area contributed by atoms with Gasteiger partial charge in [-0.15, -0.1) is 0 Å². The quantitative estimate of drug-likeness (QED) is 0.318. The third kappa shape index (κ3) is 9.58. The van der Waals surface area contributed by atoms with Gasteiger partial charge >= 0.3 is 0 Å². The monoisotopic (exact) mass is 262 g/mol. The van der Waals surface area contributed by atoms with Crippen molar-refractivity contribution in [1.82, 2.24) is 0 Å². The lowest BCUT2D eigenvalue weighted by Crippen LogP contribution is -1.81. The molecule has 0 N–H and O–H groups in total. The summed E-state index contributed by atoms with van der Waals surface area (Å²) in [5.74, 6) is 1.12. The van der Waals surface area contributed by atoms with Gasteiger partial charge < -0.3 is 4.42 Å². The highest BCUT2D eigenvalue weighted by Crippen LogP contribution is 2.09. The van der Waals surface area contributed by atoms with Crippen LogP contribution < -0.4 is 0 Å². The molecule has 0 saturated carbocycles. The summed E-state index contributed by atoms with van der Waals surface area (Å²) in [6.45, 7) is 2.27. The van der Waals surface area contributed by atoms with Crippen molar-refractivity contribution in [2.75, 3.05) is 0 Å². The van der Waals surface area contributed by atoms with Gasteiger partial charge in [0, 0.05) is 6.42 Å². The molecule has 1 heterocycles. The molecule has 0 bridgehead atoms. The molecule has 108 valence electrons. The van der Waals surface area contributed by atoms with Gasteiger partial charge in [-0.1, -0.05) is 51.2 Å². The van der Waals surface area contributed by atoms with Crippen LogP contribution >= 0.6 is 0 Å². The van der Waals surface area contributed by atoms with Gasteiger partial charge in [0.25, 0.3) is 0 Å². The summed E-state index contributed by atoms with van der Waals surface area (Å²) in [5, 5.41) is 0. The molecule has 0 fully saturated rings. The van der Waals surface area contributed by atoms with Crippen LogP contribution in [0.2, 0.25) is 0 Å². The van der Waals surface area contributed by atoms with E-state index in [4.69, 9.17) is 4.42 Å². The van der Waals surface area contributed by atoms with Crippen LogP contribution in [0.15, 0.2) is 35.0 Å². The molecule has 1 nitrogen and oxygen atoms in total. The van der Waals surface area contributed by atoms with Gasteiger partial charge in [-0.3, -0.25) is 0 Å². The Kier molecular flexibility index (Phi) is 10.2. The molecule has 19 heavy (non-hydrogen) atoms. The average Bonchev–Trinajstić information content (AvgIpc) is 2.93. The number of furan rings is 1. The van der Waals surface area contributed by atoms with Gasteiger partial charge in [0.15, 0.2) is 0 Å². The van der Waals surface area contributed by atoms with Gasteiger partial charge in [0.2, 0.25) is 0 Å².